The van der Waals surface area contributed by atoms with Crippen LogP contribution in [-0.2, 0) is 5.41 Å². The Morgan fingerprint density at radius 2 is 1.33 bits per heavy atom. The lowest BCUT2D eigenvalue weighted by atomic mass is 9.80. The highest BCUT2D eigenvalue weighted by Crippen LogP contribution is 2.45. The lowest BCUT2D eigenvalue weighted by molar-refractivity contribution is -2.00. The zero-order chi connectivity index (χ0) is 19.8. The fourth-order valence-electron chi connectivity index (χ4n) is 3.65. The standard InChI is InChI=1S/C21H20N.ClHO4/c1-15-21(2,3)20-18-12-8-7-9-16(18)13-14-19(20)22(15)17-10-5-4-6-11-17;2-1(3,4)5/h4-14H,1-3H3;(H,2,3,4,5)/q+1;/p-1. The molecule has 3 aromatic rings. The van der Waals surface area contributed by atoms with Gasteiger partial charge < -0.3 is 0 Å². The van der Waals surface area contributed by atoms with E-state index in [0.29, 0.717) is 0 Å². The zero-order valence-corrected chi connectivity index (χ0v) is 16.1. The predicted octanol–water partition coefficient (Wildman–Crippen LogP) is 0.671. The maximum Gasteiger partial charge on any atom is 0.216 e. The van der Waals surface area contributed by atoms with Crippen molar-refractivity contribution >= 4 is 27.9 Å². The molecule has 1 aliphatic rings. The van der Waals surface area contributed by atoms with Crippen LogP contribution in [0.2, 0.25) is 0 Å². The molecule has 0 N–H and O–H groups in total. The largest absolute Gasteiger partial charge is 0.222 e. The lowest BCUT2D eigenvalue weighted by Gasteiger charge is -2.17. The van der Waals surface area contributed by atoms with Gasteiger partial charge in [-0.3, -0.25) is 0 Å². The summed E-state index contributed by atoms with van der Waals surface area (Å²) in [7, 11) is -4.94. The fourth-order valence-corrected chi connectivity index (χ4v) is 3.65. The highest BCUT2D eigenvalue weighted by molar-refractivity contribution is 6.07. The second-order valence-corrected chi connectivity index (χ2v) is 7.70. The number of hydrogen-bond acceptors (Lipinski definition) is 4. The van der Waals surface area contributed by atoms with Crippen molar-refractivity contribution in [3.8, 4) is 0 Å². The van der Waals surface area contributed by atoms with Crippen LogP contribution in [0.1, 0.15) is 26.3 Å². The summed E-state index contributed by atoms with van der Waals surface area (Å²) in [6, 6.07) is 23.9. The van der Waals surface area contributed by atoms with Gasteiger partial charge in [0.1, 0.15) is 0 Å². The number of hydrogen-bond donors (Lipinski definition) is 0. The van der Waals surface area contributed by atoms with Gasteiger partial charge in [-0.2, -0.15) is 4.58 Å². The average molecular weight is 386 g/mol. The lowest BCUT2D eigenvalue weighted by Crippen LogP contribution is -2.68. The number of halogens is 1. The molecule has 0 unspecified atom stereocenters. The van der Waals surface area contributed by atoms with E-state index in [9.17, 15) is 0 Å². The van der Waals surface area contributed by atoms with Crippen LogP contribution in [0.15, 0.2) is 66.7 Å². The van der Waals surface area contributed by atoms with Gasteiger partial charge >= 0.3 is 0 Å². The molecular formula is C21H20ClNO4. The van der Waals surface area contributed by atoms with Crippen molar-refractivity contribution in [2.24, 2.45) is 0 Å². The number of rotatable bonds is 1. The molecule has 5 nitrogen and oxygen atoms in total. The monoisotopic (exact) mass is 385 g/mol. The molecule has 0 radical (unpaired) electrons. The van der Waals surface area contributed by atoms with Gasteiger partial charge in [0, 0.05) is 30.7 Å². The third kappa shape index (κ3) is 3.88. The molecule has 0 atom stereocenters. The van der Waals surface area contributed by atoms with Gasteiger partial charge in [-0.15, -0.1) is 10.2 Å². The van der Waals surface area contributed by atoms with Crippen LogP contribution >= 0.6 is 0 Å². The molecule has 0 fully saturated rings. The van der Waals surface area contributed by atoms with Gasteiger partial charge in [-0.1, -0.05) is 42.5 Å². The third-order valence-electron chi connectivity index (χ3n) is 5.03. The number of fused-ring (bicyclic) bond motifs is 3. The number of para-hydroxylation sites is 1. The Kier molecular flexibility index (Phi) is 5.08. The Morgan fingerprint density at radius 1 is 0.778 bits per heavy atom. The summed E-state index contributed by atoms with van der Waals surface area (Å²) in [6.07, 6.45) is 0. The zero-order valence-electron chi connectivity index (χ0n) is 15.3. The minimum absolute atomic E-state index is 0.0338. The third-order valence-corrected chi connectivity index (χ3v) is 5.03. The first-order chi connectivity index (χ1) is 12.6. The summed E-state index contributed by atoms with van der Waals surface area (Å²) in [6.45, 7) is 6.91. The van der Waals surface area contributed by atoms with E-state index in [1.165, 1.54) is 33.4 Å². The predicted molar refractivity (Wildman–Crippen MR) is 95.6 cm³/mol. The molecule has 3 aromatic carbocycles. The van der Waals surface area contributed by atoms with Crippen LogP contribution in [0.25, 0.3) is 10.8 Å². The molecular weight excluding hydrogens is 366 g/mol. The molecule has 0 saturated carbocycles. The smallest absolute Gasteiger partial charge is 0.216 e. The molecule has 27 heavy (non-hydrogen) atoms. The first-order valence-electron chi connectivity index (χ1n) is 8.44. The Labute approximate surface area is 160 Å². The quantitative estimate of drug-likeness (QED) is 0.575. The van der Waals surface area contributed by atoms with Crippen LogP contribution in [-0.4, -0.2) is 5.71 Å². The van der Waals surface area contributed by atoms with E-state index in [-0.39, 0.29) is 5.41 Å². The fraction of sp³-hybridized carbons (Fsp3) is 0.190. The van der Waals surface area contributed by atoms with Crippen molar-refractivity contribution < 1.29 is 28.9 Å². The molecule has 0 aliphatic carbocycles. The number of benzene rings is 3. The molecule has 1 aliphatic heterocycles. The van der Waals surface area contributed by atoms with Crippen LogP contribution < -0.4 is 23.2 Å². The Morgan fingerprint density at radius 3 is 1.96 bits per heavy atom. The molecule has 6 heteroatoms. The van der Waals surface area contributed by atoms with E-state index in [1.807, 2.05) is 0 Å². The second kappa shape index (κ2) is 7.03. The van der Waals surface area contributed by atoms with Crippen molar-refractivity contribution in [1.29, 1.82) is 0 Å². The van der Waals surface area contributed by atoms with Crippen LogP contribution in [0.3, 0.4) is 0 Å². The van der Waals surface area contributed by atoms with Gasteiger partial charge in [0.25, 0.3) is 0 Å². The first kappa shape index (κ1) is 19.5. The van der Waals surface area contributed by atoms with Crippen molar-refractivity contribution in [2.45, 2.75) is 26.2 Å². The number of nitrogens with zero attached hydrogens (tertiary/aromatic N) is 1. The molecule has 0 bridgehead atoms. The van der Waals surface area contributed by atoms with E-state index >= 15 is 0 Å². The Balaban J connectivity index is 0.000000376. The molecule has 0 spiro atoms. The van der Waals surface area contributed by atoms with E-state index < -0.39 is 10.2 Å². The highest BCUT2D eigenvalue weighted by Gasteiger charge is 2.44. The van der Waals surface area contributed by atoms with Gasteiger partial charge in [0.2, 0.25) is 11.4 Å². The van der Waals surface area contributed by atoms with Crippen molar-refractivity contribution in [3.63, 3.8) is 0 Å². The maximum absolute atomic E-state index is 8.49. The minimum Gasteiger partial charge on any atom is -0.222 e. The molecule has 0 saturated heterocycles. The van der Waals surface area contributed by atoms with Crippen molar-refractivity contribution in [1.82, 2.24) is 4.58 Å². The van der Waals surface area contributed by atoms with E-state index in [2.05, 4.69) is 92.1 Å². The molecule has 0 amide bonds. The summed E-state index contributed by atoms with van der Waals surface area (Å²) in [5, 5.41) is 2.68. The van der Waals surface area contributed by atoms with E-state index in [1.54, 1.807) is 0 Å². The van der Waals surface area contributed by atoms with E-state index in [4.69, 9.17) is 18.6 Å². The second-order valence-electron chi connectivity index (χ2n) is 6.94. The summed E-state index contributed by atoms with van der Waals surface area (Å²) in [5.41, 5.74) is 5.40. The molecule has 1 heterocycles. The van der Waals surface area contributed by atoms with Crippen LogP contribution in [0, 0.1) is 10.2 Å². The summed E-state index contributed by atoms with van der Waals surface area (Å²) >= 11 is 0. The van der Waals surface area contributed by atoms with Crippen molar-refractivity contribution in [2.75, 3.05) is 0 Å². The average Bonchev–Trinajstić information content (AvgIpc) is 2.81. The highest BCUT2D eigenvalue weighted by atomic mass is 35.7. The topological polar surface area (TPSA) is 95.2 Å². The maximum atomic E-state index is 8.49. The molecule has 0 aromatic heterocycles. The normalized spacial score (nSPS) is 15.4. The van der Waals surface area contributed by atoms with Crippen LogP contribution in [0.5, 0.6) is 0 Å². The van der Waals surface area contributed by atoms with Gasteiger partial charge in [0.15, 0.2) is 5.71 Å². The Bertz CT molecular complexity index is 1000. The SMILES string of the molecule is CC1=[N+](c2ccccc2)c2ccc3ccccc3c2C1(C)C.[O-][Cl+3]([O-])([O-])[O-]. The van der Waals surface area contributed by atoms with E-state index in [0.717, 1.165) is 0 Å². The minimum atomic E-state index is -4.94. The summed E-state index contributed by atoms with van der Waals surface area (Å²) in [5.74, 6) is 0. The van der Waals surface area contributed by atoms with Gasteiger partial charge in [0.05, 0.1) is 5.41 Å². The molecule has 140 valence electrons. The van der Waals surface area contributed by atoms with Crippen molar-refractivity contribution in [3.05, 3.63) is 72.3 Å². The first-order valence-corrected chi connectivity index (χ1v) is 9.67. The van der Waals surface area contributed by atoms with Gasteiger partial charge in [-0.05, 0) is 30.7 Å². The summed E-state index contributed by atoms with van der Waals surface area (Å²) < 4.78 is 36.4. The summed E-state index contributed by atoms with van der Waals surface area (Å²) in [4.78, 5) is 0. The van der Waals surface area contributed by atoms with Crippen LogP contribution in [0.4, 0.5) is 11.4 Å². The molecule has 4 rings (SSSR count). The van der Waals surface area contributed by atoms with Gasteiger partial charge in [-0.25, -0.2) is 18.6 Å². The Hall–Kier alpha value is -2.28.